The number of nitrogens with one attached hydrogen (secondary N) is 1. The number of rotatable bonds is 8. The van der Waals surface area contributed by atoms with Crippen molar-refractivity contribution >= 4 is 17.4 Å². The second-order valence-corrected chi connectivity index (χ2v) is 8.26. The molecule has 4 rings (SSSR count). The minimum atomic E-state index is -1.07. The van der Waals surface area contributed by atoms with Crippen molar-refractivity contribution in [3.63, 3.8) is 0 Å². The van der Waals surface area contributed by atoms with Gasteiger partial charge in [0.2, 0.25) is 0 Å². The number of ether oxygens (including phenoxy) is 1. The molecule has 0 aliphatic heterocycles. The average molecular weight is 466 g/mol. The van der Waals surface area contributed by atoms with Crippen LogP contribution in [0.4, 0.5) is 0 Å². The number of aliphatic carboxylic acids is 1. The Morgan fingerprint density at radius 2 is 1.69 bits per heavy atom. The molecule has 0 radical (unpaired) electrons. The Kier molecular flexibility index (Phi) is 7.58. The number of benzene rings is 3. The summed E-state index contributed by atoms with van der Waals surface area (Å²) in [5.74, 6) is -0.751. The molecule has 0 saturated carbocycles. The van der Waals surface area contributed by atoms with E-state index in [4.69, 9.17) is 4.74 Å². The van der Waals surface area contributed by atoms with Gasteiger partial charge in [0.15, 0.2) is 0 Å². The minimum absolute atomic E-state index is 0.190. The van der Waals surface area contributed by atoms with Crippen LogP contribution in [0.15, 0.2) is 103 Å². The molecule has 1 atom stereocenters. The number of carbonyl (C=O) groups excluding carboxylic acids is 1. The molecule has 1 aliphatic rings. The van der Waals surface area contributed by atoms with Gasteiger partial charge in [-0.25, -0.2) is 4.79 Å². The van der Waals surface area contributed by atoms with Crippen LogP contribution in [0.1, 0.15) is 27.9 Å². The molecule has 3 aromatic rings. The van der Waals surface area contributed by atoms with Crippen molar-refractivity contribution in [1.29, 1.82) is 0 Å². The summed E-state index contributed by atoms with van der Waals surface area (Å²) >= 11 is 0. The predicted molar refractivity (Wildman–Crippen MR) is 138 cm³/mol. The first-order chi connectivity index (χ1) is 17.0. The summed E-state index contributed by atoms with van der Waals surface area (Å²) in [5, 5.41) is 12.4. The van der Waals surface area contributed by atoms with Crippen LogP contribution in [0.25, 0.3) is 16.7 Å². The van der Waals surface area contributed by atoms with E-state index in [1.54, 1.807) is 25.3 Å². The van der Waals surface area contributed by atoms with Crippen LogP contribution >= 0.6 is 0 Å². The number of carbonyl (C=O) groups is 2. The van der Waals surface area contributed by atoms with Gasteiger partial charge in [-0.1, -0.05) is 78.9 Å². The maximum atomic E-state index is 12.9. The van der Waals surface area contributed by atoms with E-state index in [1.807, 2.05) is 66.7 Å². The molecule has 0 saturated heterocycles. The van der Waals surface area contributed by atoms with Crippen molar-refractivity contribution < 1.29 is 19.4 Å². The summed E-state index contributed by atoms with van der Waals surface area (Å²) in [7, 11) is 1.61. The molecule has 0 bridgehead atoms. The van der Waals surface area contributed by atoms with Crippen LogP contribution in [0.3, 0.4) is 0 Å². The largest absolute Gasteiger partial charge is 0.497 e. The molecule has 1 aliphatic carbocycles. The smallest absolute Gasteiger partial charge is 0.326 e. The first-order valence-corrected chi connectivity index (χ1v) is 11.4. The van der Waals surface area contributed by atoms with Crippen molar-refractivity contribution in [2.24, 2.45) is 0 Å². The van der Waals surface area contributed by atoms with E-state index in [1.165, 1.54) is 0 Å². The van der Waals surface area contributed by atoms with E-state index in [9.17, 15) is 14.7 Å². The van der Waals surface area contributed by atoms with Gasteiger partial charge in [0.25, 0.3) is 5.91 Å². The van der Waals surface area contributed by atoms with Gasteiger partial charge in [-0.2, -0.15) is 0 Å². The van der Waals surface area contributed by atoms with Crippen LogP contribution in [0, 0.1) is 0 Å². The molecule has 176 valence electrons. The molecule has 0 heterocycles. The van der Waals surface area contributed by atoms with E-state index < -0.39 is 17.9 Å². The predicted octanol–water partition coefficient (Wildman–Crippen LogP) is 5.69. The highest BCUT2D eigenvalue weighted by Gasteiger charge is 2.21. The Bertz CT molecular complexity index is 1280. The van der Waals surface area contributed by atoms with Gasteiger partial charge in [-0.3, -0.25) is 4.79 Å². The van der Waals surface area contributed by atoms with Crippen molar-refractivity contribution in [3.8, 4) is 16.9 Å². The summed E-state index contributed by atoms with van der Waals surface area (Å²) in [6.07, 6.45) is 11.4. The fourth-order valence-corrected chi connectivity index (χ4v) is 3.93. The number of hydrogen-bond donors (Lipinski definition) is 2. The number of carboxylic acids is 1. The van der Waals surface area contributed by atoms with Gasteiger partial charge in [0, 0.05) is 12.0 Å². The van der Waals surface area contributed by atoms with E-state index >= 15 is 0 Å². The molecule has 0 spiro atoms. The monoisotopic (exact) mass is 465 g/mol. The van der Waals surface area contributed by atoms with E-state index in [0.717, 1.165) is 40.0 Å². The standard InChI is InChI=1S/C30H27NO4/c1-35-27-17-15-24(16-18-27)25-9-6-10-26(20-25)29(32)31-28(30(33)34)19-21-11-13-23(14-12-21)22-7-4-2-3-5-8-22/h2-4,6-18,20,28H,5,19H2,1H3,(H,31,32)(H,33,34)/t28-/m0/s1. The third kappa shape index (κ3) is 6.15. The highest BCUT2D eigenvalue weighted by atomic mass is 16.5. The van der Waals surface area contributed by atoms with Crippen LogP contribution in [0.5, 0.6) is 5.75 Å². The summed E-state index contributed by atoms with van der Waals surface area (Å²) in [6, 6.07) is 21.4. The Labute approximate surface area is 205 Å². The average Bonchev–Trinajstić information content (AvgIpc) is 3.18. The van der Waals surface area contributed by atoms with Crippen molar-refractivity contribution in [2.45, 2.75) is 18.9 Å². The van der Waals surface area contributed by atoms with Crippen LogP contribution in [-0.4, -0.2) is 30.1 Å². The lowest BCUT2D eigenvalue weighted by Crippen LogP contribution is -2.42. The maximum absolute atomic E-state index is 12.9. The third-order valence-corrected chi connectivity index (χ3v) is 5.88. The van der Waals surface area contributed by atoms with Gasteiger partial charge < -0.3 is 15.2 Å². The number of hydrogen-bond acceptors (Lipinski definition) is 3. The number of amides is 1. The highest BCUT2D eigenvalue weighted by Crippen LogP contribution is 2.24. The van der Waals surface area contributed by atoms with Gasteiger partial charge in [0.1, 0.15) is 11.8 Å². The molecule has 0 unspecified atom stereocenters. The molecule has 5 heteroatoms. The molecular formula is C30H27NO4. The van der Waals surface area contributed by atoms with Crippen molar-refractivity contribution in [1.82, 2.24) is 5.32 Å². The second kappa shape index (κ2) is 11.2. The maximum Gasteiger partial charge on any atom is 0.326 e. The SMILES string of the molecule is COc1ccc(-c2cccc(C(=O)N[C@@H](Cc3ccc(C4=CCC=CC=C4)cc3)C(=O)O)c2)cc1. The topological polar surface area (TPSA) is 75.6 Å². The molecule has 3 aromatic carbocycles. The number of carboxylic acid groups (broad SMARTS) is 1. The first kappa shape index (κ1) is 23.8. The highest BCUT2D eigenvalue weighted by molar-refractivity contribution is 5.97. The Morgan fingerprint density at radius 1 is 0.943 bits per heavy atom. The Hall–Kier alpha value is -4.38. The zero-order chi connectivity index (χ0) is 24.6. The molecule has 1 amide bonds. The van der Waals surface area contributed by atoms with Crippen molar-refractivity contribution in [3.05, 3.63) is 120 Å². The first-order valence-electron chi connectivity index (χ1n) is 11.4. The zero-order valence-corrected chi connectivity index (χ0v) is 19.5. The molecule has 0 aromatic heterocycles. The van der Waals surface area contributed by atoms with E-state index in [-0.39, 0.29) is 6.42 Å². The van der Waals surface area contributed by atoms with E-state index in [2.05, 4.69) is 23.5 Å². The third-order valence-electron chi connectivity index (χ3n) is 5.88. The van der Waals surface area contributed by atoms with Crippen LogP contribution in [0.2, 0.25) is 0 Å². The summed E-state index contributed by atoms with van der Waals surface area (Å²) in [4.78, 5) is 24.8. The van der Waals surface area contributed by atoms with Gasteiger partial charge >= 0.3 is 5.97 Å². The lowest BCUT2D eigenvalue weighted by Gasteiger charge is -2.16. The molecular weight excluding hydrogens is 438 g/mol. The molecule has 35 heavy (non-hydrogen) atoms. The summed E-state index contributed by atoms with van der Waals surface area (Å²) in [5.41, 5.74) is 5.23. The molecule has 2 N–H and O–H groups in total. The fraction of sp³-hybridized carbons (Fsp3) is 0.133. The minimum Gasteiger partial charge on any atom is -0.497 e. The number of methoxy groups -OCH3 is 1. The zero-order valence-electron chi connectivity index (χ0n) is 19.5. The molecule has 5 nitrogen and oxygen atoms in total. The summed E-state index contributed by atoms with van der Waals surface area (Å²) < 4.78 is 5.20. The summed E-state index contributed by atoms with van der Waals surface area (Å²) in [6.45, 7) is 0. The Morgan fingerprint density at radius 3 is 2.40 bits per heavy atom. The number of allylic oxidation sites excluding steroid dienone is 6. The Balaban J connectivity index is 1.45. The van der Waals surface area contributed by atoms with Crippen molar-refractivity contribution in [2.75, 3.05) is 7.11 Å². The molecule has 0 fully saturated rings. The quantitative estimate of drug-likeness (QED) is 0.448. The fourth-order valence-electron chi connectivity index (χ4n) is 3.93. The van der Waals surface area contributed by atoms with Crippen LogP contribution < -0.4 is 10.1 Å². The lowest BCUT2D eigenvalue weighted by atomic mass is 9.99. The van der Waals surface area contributed by atoms with Gasteiger partial charge in [-0.05, 0) is 58.5 Å². The van der Waals surface area contributed by atoms with Gasteiger partial charge in [0.05, 0.1) is 7.11 Å². The van der Waals surface area contributed by atoms with Crippen LogP contribution in [-0.2, 0) is 11.2 Å². The lowest BCUT2D eigenvalue weighted by molar-refractivity contribution is -0.139. The second-order valence-electron chi connectivity index (χ2n) is 8.26. The van der Waals surface area contributed by atoms with E-state index in [0.29, 0.717) is 5.56 Å². The normalized spacial score (nSPS) is 13.5. The van der Waals surface area contributed by atoms with Gasteiger partial charge in [-0.15, -0.1) is 0 Å².